The van der Waals surface area contributed by atoms with E-state index in [-0.39, 0.29) is 9.80 Å². The Bertz CT molecular complexity index is 1170. The van der Waals surface area contributed by atoms with Crippen LogP contribution in [0.15, 0.2) is 82.6 Å². The molecule has 0 N–H and O–H groups in total. The predicted octanol–water partition coefficient (Wildman–Crippen LogP) is 5.22. The van der Waals surface area contributed by atoms with Gasteiger partial charge in [-0.15, -0.1) is 0 Å². The summed E-state index contributed by atoms with van der Waals surface area (Å²) in [6, 6.07) is 23.3. The molecule has 0 saturated carbocycles. The van der Waals surface area contributed by atoms with Gasteiger partial charge < -0.3 is 4.74 Å². The molecule has 0 aromatic heterocycles. The third-order valence-corrected chi connectivity index (χ3v) is 6.09. The van der Waals surface area contributed by atoms with Gasteiger partial charge in [0.25, 0.3) is 0 Å². The van der Waals surface area contributed by atoms with Crippen molar-refractivity contribution in [1.29, 1.82) is 5.26 Å². The monoisotopic (exact) mass is 403 g/mol. The van der Waals surface area contributed by atoms with Crippen molar-refractivity contribution in [1.82, 2.24) is 0 Å². The van der Waals surface area contributed by atoms with Crippen LogP contribution in [0.3, 0.4) is 0 Å². The molecule has 0 heterocycles. The van der Waals surface area contributed by atoms with Gasteiger partial charge in [-0.1, -0.05) is 59.7 Å². The summed E-state index contributed by atoms with van der Waals surface area (Å²) in [7, 11) is -3.88. The van der Waals surface area contributed by atoms with Crippen LogP contribution in [0.1, 0.15) is 22.3 Å². The molecule has 3 aromatic carbocycles. The standard InChI is InChI=1S/C24H21NO3S/c1-18-6-10-20(11-7-18)17-28-22-5-3-4-21(14-22)15-24(16-25)29(26,27)23-12-8-19(2)9-13-23/h3-15H,17H2,1-2H3. The molecule has 0 unspecified atom stereocenters. The maximum Gasteiger partial charge on any atom is 0.216 e. The minimum absolute atomic E-state index is 0.0997. The summed E-state index contributed by atoms with van der Waals surface area (Å²) in [5.74, 6) is 0.601. The highest BCUT2D eigenvalue weighted by Crippen LogP contribution is 2.23. The fourth-order valence-corrected chi connectivity index (χ4v) is 3.87. The third-order valence-electron chi connectivity index (χ3n) is 4.41. The zero-order valence-electron chi connectivity index (χ0n) is 16.3. The van der Waals surface area contributed by atoms with Crippen LogP contribution in [0.2, 0.25) is 0 Å². The number of nitriles is 1. The Balaban J connectivity index is 1.82. The molecule has 0 aliphatic heterocycles. The Morgan fingerprint density at radius 3 is 2.21 bits per heavy atom. The van der Waals surface area contributed by atoms with E-state index in [0.29, 0.717) is 17.9 Å². The first kappa shape index (κ1) is 20.4. The molecule has 5 heteroatoms. The van der Waals surface area contributed by atoms with Crippen molar-refractivity contribution in [3.63, 3.8) is 0 Å². The Kier molecular flexibility index (Phi) is 6.16. The van der Waals surface area contributed by atoms with Gasteiger partial charge in [-0.3, -0.25) is 0 Å². The Hall–Kier alpha value is -3.36. The lowest BCUT2D eigenvalue weighted by atomic mass is 10.1. The van der Waals surface area contributed by atoms with E-state index in [0.717, 1.165) is 11.1 Å². The van der Waals surface area contributed by atoms with Crippen molar-refractivity contribution in [2.45, 2.75) is 25.3 Å². The molecule has 0 aliphatic carbocycles. The first-order chi connectivity index (χ1) is 13.9. The van der Waals surface area contributed by atoms with Crippen molar-refractivity contribution in [2.75, 3.05) is 0 Å². The number of allylic oxidation sites excluding steroid dienone is 1. The van der Waals surface area contributed by atoms with Gasteiger partial charge in [-0.25, -0.2) is 8.42 Å². The van der Waals surface area contributed by atoms with Crippen molar-refractivity contribution in [3.8, 4) is 11.8 Å². The number of rotatable bonds is 6. The number of hydrogen-bond acceptors (Lipinski definition) is 4. The Labute approximate surface area is 171 Å². The third kappa shape index (κ3) is 5.13. The lowest BCUT2D eigenvalue weighted by Crippen LogP contribution is -2.03. The van der Waals surface area contributed by atoms with Crippen LogP contribution in [-0.2, 0) is 16.4 Å². The fourth-order valence-electron chi connectivity index (χ4n) is 2.71. The molecule has 0 radical (unpaired) electrons. The van der Waals surface area contributed by atoms with Crippen LogP contribution < -0.4 is 4.74 Å². The minimum atomic E-state index is -3.88. The van der Waals surface area contributed by atoms with Gasteiger partial charge in [0.1, 0.15) is 23.3 Å². The SMILES string of the molecule is Cc1ccc(COc2cccc(C=C(C#N)S(=O)(=O)c3ccc(C)cc3)c2)cc1. The average Bonchev–Trinajstić information content (AvgIpc) is 2.72. The van der Waals surface area contributed by atoms with Gasteiger partial charge in [0.05, 0.1) is 4.90 Å². The van der Waals surface area contributed by atoms with Crippen LogP contribution in [0, 0.1) is 25.2 Å². The van der Waals surface area contributed by atoms with E-state index in [4.69, 9.17) is 4.74 Å². The van der Waals surface area contributed by atoms with Gasteiger partial charge in [0.15, 0.2) is 0 Å². The summed E-state index contributed by atoms with van der Waals surface area (Å²) in [4.78, 5) is -0.209. The van der Waals surface area contributed by atoms with Crippen molar-refractivity contribution in [2.24, 2.45) is 0 Å². The molecule has 146 valence electrons. The second kappa shape index (κ2) is 8.76. The van der Waals surface area contributed by atoms with E-state index < -0.39 is 9.84 Å². The first-order valence-electron chi connectivity index (χ1n) is 9.10. The van der Waals surface area contributed by atoms with E-state index in [2.05, 4.69) is 0 Å². The Morgan fingerprint density at radius 1 is 0.966 bits per heavy atom. The lowest BCUT2D eigenvalue weighted by Gasteiger charge is -2.08. The molecule has 0 amide bonds. The summed E-state index contributed by atoms with van der Waals surface area (Å²) >= 11 is 0. The highest BCUT2D eigenvalue weighted by atomic mass is 32.2. The topological polar surface area (TPSA) is 67.2 Å². The van der Waals surface area contributed by atoms with Crippen molar-refractivity contribution < 1.29 is 13.2 Å². The van der Waals surface area contributed by atoms with Crippen molar-refractivity contribution in [3.05, 3.63) is 100.0 Å². The van der Waals surface area contributed by atoms with Gasteiger partial charge >= 0.3 is 0 Å². The van der Waals surface area contributed by atoms with Crippen LogP contribution in [0.4, 0.5) is 0 Å². The predicted molar refractivity (Wildman–Crippen MR) is 114 cm³/mol. The molecule has 3 aromatic rings. The van der Waals surface area contributed by atoms with Gasteiger partial charge in [0, 0.05) is 0 Å². The largest absolute Gasteiger partial charge is 0.489 e. The molecule has 3 rings (SSSR count). The Morgan fingerprint density at radius 2 is 1.59 bits per heavy atom. The fraction of sp³-hybridized carbons (Fsp3) is 0.125. The number of ether oxygens (including phenoxy) is 1. The van der Waals surface area contributed by atoms with E-state index in [9.17, 15) is 13.7 Å². The summed E-state index contributed by atoms with van der Waals surface area (Å²) in [5, 5.41) is 9.45. The first-order valence-corrected chi connectivity index (χ1v) is 10.6. The summed E-state index contributed by atoms with van der Waals surface area (Å²) in [6.45, 7) is 4.30. The zero-order valence-corrected chi connectivity index (χ0v) is 17.1. The lowest BCUT2D eigenvalue weighted by molar-refractivity contribution is 0.306. The molecular weight excluding hydrogens is 382 g/mol. The van der Waals surface area contributed by atoms with E-state index in [1.54, 1.807) is 36.4 Å². The minimum Gasteiger partial charge on any atom is -0.489 e. The second-order valence-electron chi connectivity index (χ2n) is 6.78. The molecule has 29 heavy (non-hydrogen) atoms. The van der Waals surface area contributed by atoms with Crippen LogP contribution in [-0.4, -0.2) is 8.42 Å². The van der Waals surface area contributed by atoms with E-state index in [1.807, 2.05) is 44.2 Å². The van der Waals surface area contributed by atoms with Crippen molar-refractivity contribution >= 4 is 15.9 Å². The second-order valence-corrected chi connectivity index (χ2v) is 8.70. The number of aryl methyl sites for hydroxylation is 2. The van der Waals surface area contributed by atoms with Gasteiger partial charge in [-0.2, -0.15) is 5.26 Å². The highest BCUT2D eigenvalue weighted by Gasteiger charge is 2.20. The maximum atomic E-state index is 12.8. The molecule has 4 nitrogen and oxygen atoms in total. The molecule has 0 fully saturated rings. The smallest absolute Gasteiger partial charge is 0.216 e. The molecule has 0 spiro atoms. The molecule has 0 saturated heterocycles. The normalized spacial score (nSPS) is 11.7. The van der Waals surface area contributed by atoms with Crippen LogP contribution in [0.5, 0.6) is 5.75 Å². The number of benzene rings is 3. The van der Waals surface area contributed by atoms with E-state index >= 15 is 0 Å². The maximum absolute atomic E-state index is 12.8. The van der Waals surface area contributed by atoms with Crippen LogP contribution in [0.25, 0.3) is 6.08 Å². The number of nitrogens with zero attached hydrogens (tertiary/aromatic N) is 1. The summed E-state index contributed by atoms with van der Waals surface area (Å²) < 4.78 is 31.4. The highest BCUT2D eigenvalue weighted by molar-refractivity contribution is 7.95. The van der Waals surface area contributed by atoms with Gasteiger partial charge in [-0.05, 0) is 55.3 Å². The quantitative estimate of drug-likeness (QED) is 0.529. The molecule has 0 aliphatic rings. The van der Waals surface area contributed by atoms with Gasteiger partial charge in [0.2, 0.25) is 9.84 Å². The van der Waals surface area contributed by atoms with E-state index in [1.165, 1.54) is 23.8 Å². The molecule has 0 atom stereocenters. The number of sulfone groups is 1. The zero-order chi connectivity index (χ0) is 20.9. The number of hydrogen-bond donors (Lipinski definition) is 0. The molecule has 0 bridgehead atoms. The molecular formula is C24H21NO3S. The summed E-state index contributed by atoms with van der Waals surface area (Å²) in [5.41, 5.74) is 3.75. The van der Waals surface area contributed by atoms with Crippen LogP contribution >= 0.6 is 0 Å². The summed E-state index contributed by atoms with van der Waals surface area (Å²) in [6.07, 6.45) is 1.37. The average molecular weight is 404 g/mol.